The summed E-state index contributed by atoms with van der Waals surface area (Å²) in [5.41, 5.74) is 18.1. The van der Waals surface area contributed by atoms with E-state index in [9.17, 15) is 4.79 Å². The lowest BCUT2D eigenvalue weighted by molar-refractivity contribution is -0.119. The Bertz CT molecular complexity index is 336. The SMILES string of the molecule is CC(C(N)=O)c1ccc(N)cc1N. The van der Waals surface area contributed by atoms with Crippen molar-refractivity contribution in [3.8, 4) is 0 Å². The van der Waals surface area contributed by atoms with Crippen molar-refractivity contribution < 1.29 is 4.79 Å². The summed E-state index contributed by atoms with van der Waals surface area (Å²) in [5.74, 6) is -0.767. The van der Waals surface area contributed by atoms with Gasteiger partial charge in [-0.15, -0.1) is 0 Å². The fourth-order valence-electron chi connectivity index (χ4n) is 1.14. The molecule has 0 bridgehead atoms. The molecule has 0 aliphatic carbocycles. The van der Waals surface area contributed by atoms with Crippen molar-refractivity contribution in [3.05, 3.63) is 23.8 Å². The largest absolute Gasteiger partial charge is 0.399 e. The van der Waals surface area contributed by atoms with Crippen molar-refractivity contribution in [1.29, 1.82) is 0 Å². The van der Waals surface area contributed by atoms with Gasteiger partial charge in [0.1, 0.15) is 0 Å². The van der Waals surface area contributed by atoms with Gasteiger partial charge >= 0.3 is 0 Å². The van der Waals surface area contributed by atoms with Crippen LogP contribution in [0, 0.1) is 0 Å². The Morgan fingerprint density at radius 3 is 2.46 bits per heavy atom. The van der Waals surface area contributed by atoms with Crippen molar-refractivity contribution in [1.82, 2.24) is 0 Å². The molecule has 4 heteroatoms. The van der Waals surface area contributed by atoms with Crippen LogP contribution in [-0.2, 0) is 4.79 Å². The molecule has 0 radical (unpaired) electrons. The number of anilines is 2. The Morgan fingerprint density at radius 1 is 1.38 bits per heavy atom. The van der Waals surface area contributed by atoms with E-state index in [1.807, 2.05) is 0 Å². The average molecular weight is 179 g/mol. The number of nitrogen functional groups attached to an aromatic ring is 2. The second kappa shape index (κ2) is 3.35. The molecule has 1 aromatic rings. The second-order valence-electron chi connectivity index (χ2n) is 3.01. The number of hydrogen-bond donors (Lipinski definition) is 3. The van der Waals surface area contributed by atoms with Crippen LogP contribution in [0.3, 0.4) is 0 Å². The molecule has 0 spiro atoms. The molecule has 4 nitrogen and oxygen atoms in total. The van der Waals surface area contributed by atoms with Gasteiger partial charge in [-0.1, -0.05) is 6.07 Å². The van der Waals surface area contributed by atoms with Gasteiger partial charge in [-0.3, -0.25) is 4.79 Å². The average Bonchev–Trinajstić information content (AvgIpc) is 2.03. The second-order valence-corrected chi connectivity index (χ2v) is 3.01. The first-order valence-electron chi connectivity index (χ1n) is 3.96. The monoisotopic (exact) mass is 179 g/mol. The lowest BCUT2D eigenvalue weighted by atomic mass is 9.98. The van der Waals surface area contributed by atoms with E-state index in [0.717, 1.165) is 5.56 Å². The maximum absolute atomic E-state index is 10.9. The molecule has 0 heterocycles. The quantitative estimate of drug-likeness (QED) is 0.575. The number of hydrogen-bond acceptors (Lipinski definition) is 3. The third-order valence-electron chi connectivity index (χ3n) is 2.00. The molecule has 1 amide bonds. The molecule has 1 atom stereocenters. The first-order chi connectivity index (χ1) is 6.02. The summed E-state index contributed by atoms with van der Waals surface area (Å²) in [6.07, 6.45) is 0. The summed E-state index contributed by atoms with van der Waals surface area (Å²) >= 11 is 0. The van der Waals surface area contributed by atoms with Crippen LogP contribution in [0.1, 0.15) is 18.4 Å². The summed E-state index contributed by atoms with van der Waals surface area (Å²) in [4.78, 5) is 10.9. The third-order valence-corrected chi connectivity index (χ3v) is 2.00. The van der Waals surface area contributed by atoms with Crippen LogP contribution in [0.5, 0.6) is 0 Å². The number of nitrogens with two attached hydrogens (primary N) is 3. The zero-order valence-electron chi connectivity index (χ0n) is 7.45. The van der Waals surface area contributed by atoms with E-state index in [1.54, 1.807) is 25.1 Å². The number of rotatable bonds is 2. The lowest BCUT2D eigenvalue weighted by Crippen LogP contribution is -2.19. The van der Waals surface area contributed by atoms with Gasteiger partial charge in [-0.2, -0.15) is 0 Å². The highest BCUT2D eigenvalue weighted by Gasteiger charge is 2.13. The van der Waals surface area contributed by atoms with Crippen molar-refractivity contribution in [2.75, 3.05) is 11.5 Å². The molecule has 0 aromatic heterocycles. The summed E-state index contributed by atoms with van der Waals surface area (Å²) in [5, 5.41) is 0. The van der Waals surface area contributed by atoms with Crippen LogP contribution in [0.2, 0.25) is 0 Å². The highest BCUT2D eigenvalue weighted by atomic mass is 16.1. The molecular formula is C9H13N3O. The topological polar surface area (TPSA) is 95.1 Å². The lowest BCUT2D eigenvalue weighted by Gasteiger charge is -2.10. The number of carbonyl (C=O) groups is 1. The van der Waals surface area contributed by atoms with Gasteiger partial charge in [0, 0.05) is 11.4 Å². The van der Waals surface area contributed by atoms with Gasteiger partial charge in [0.05, 0.1) is 5.92 Å². The normalized spacial score (nSPS) is 12.4. The molecule has 1 rings (SSSR count). The molecular weight excluding hydrogens is 166 g/mol. The molecule has 0 saturated heterocycles. The highest BCUT2D eigenvalue weighted by molar-refractivity contribution is 5.83. The molecule has 0 aliphatic heterocycles. The zero-order chi connectivity index (χ0) is 10.0. The Hall–Kier alpha value is -1.71. The Labute approximate surface area is 76.7 Å². The number of benzene rings is 1. The van der Waals surface area contributed by atoms with Gasteiger partial charge in [0.25, 0.3) is 0 Å². The molecule has 6 N–H and O–H groups in total. The van der Waals surface area contributed by atoms with Crippen LogP contribution in [0.25, 0.3) is 0 Å². The van der Waals surface area contributed by atoms with Crippen molar-refractivity contribution in [2.24, 2.45) is 5.73 Å². The van der Waals surface area contributed by atoms with E-state index in [4.69, 9.17) is 17.2 Å². The molecule has 1 unspecified atom stereocenters. The van der Waals surface area contributed by atoms with E-state index >= 15 is 0 Å². The predicted molar refractivity (Wildman–Crippen MR) is 52.9 cm³/mol. The molecule has 0 saturated carbocycles. The van der Waals surface area contributed by atoms with Crippen LogP contribution in [0.4, 0.5) is 11.4 Å². The first kappa shape index (κ1) is 9.38. The zero-order valence-corrected chi connectivity index (χ0v) is 7.45. The number of primary amides is 1. The van der Waals surface area contributed by atoms with Gasteiger partial charge in [0.2, 0.25) is 5.91 Å². The van der Waals surface area contributed by atoms with Crippen molar-refractivity contribution in [3.63, 3.8) is 0 Å². The fourth-order valence-corrected chi connectivity index (χ4v) is 1.14. The van der Waals surface area contributed by atoms with Crippen LogP contribution in [0.15, 0.2) is 18.2 Å². The highest BCUT2D eigenvalue weighted by Crippen LogP contribution is 2.23. The number of amides is 1. The van der Waals surface area contributed by atoms with Gasteiger partial charge in [-0.05, 0) is 24.6 Å². The smallest absolute Gasteiger partial charge is 0.224 e. The molecule has 13 heavy (non-hydrogen) atoms. The van der Waals surface area contributed by atoms with Crippen LogP contribution < -0.4 is 17.2 Å². The Morgan fingerprint density at radius 2 is 2.00 bits per heavy atom. The van der Waals surface area contributed by atoms with Crippen molar-refractivity contribution >= 4 is 17.3 Å². The van der Waals surface area contributed by atoms with Crippen LogP contribution >= 0.6 is 0 Å². The summed E-state index contributed by atoms with van der Waals surface area (Å²) in [7, 11) is 0. The Kier molecular flexibility index (Phi) is 2.41. The maximum atomic E-state index is 10.9. The minimum absolute atomic E-state index is 0.374. The van der Waals surface area contributed by atoms with Gasteiger partial charge in [0.15, 0.2) is 0 Å². The van der Waals surface area contributed by atoms with Gasteiger partial charge < -0.3 is 17.2 Å². The molecule has 0 fully saturated rings. The predicted octanol–water partition coefficient (Wildman–Crippen LogP) is 0.440. The summed E-state index contributed by atoms with van der Waals surface area (Å²) in [6, 6.07) is 5.04. The molecule has 0 aliphatic rings. The van der Waals surface area contributed by atoms with Gasteiger partial charge in [-0.25, -0.2) is 0 Å². The van der Waals surface area contributed by atoms with Crippen molar-refractivity contribution in [2.45, 2.75) is 12.8 Å². The fraction of sp³-hybridized carbons (Fsp3) is 0.222. The minimum atomic E-state index is -0.392. The van der Waals surface area contributed by atoms with E-state index in [2.05, 4.69) is 0 Å². The first-order valence-corrected chi connectivity index (χ1v) is 3.96. The third kappa shape index (κ3) is 1.90. The number of carbonyl (C=O) groups excluding carboxylic acids is 1. The van der Waals surface area contributed by atoms with E-state index in [1.165, 1.54) is 0 Å². The molecule has 1 aromatic carbocycles. The Balaban J connectivity index is 3.08. The maximum Gasteiger partial charge on any atom is 0.224 e. The summed E-state index contributed by atoms with van der Waals surface area (Å²) < 4.78 is 0. The standard InChI is InChI=1S/C9H13N3O/c1-5(9(12)13)7-3-2-6(10)4-8(7)11/h2-5H,10-11H2,1H3,(H2,12,13). The minimum Gasteiger partial charge on any atom is -0.399 e. The molecule has 70 valence electrons. The van der Waals surface area contributed by atoms with E-state index < -0.39 is 5.91 Å². The van der Waals surface area contributed by atoms with Crippen LogP contribution in [-0.4, -0.2) is 5.91 Å². The van der Waals surface area contributed by atoms with E-state index in [0.29, 0.717) is 11.4 Å². The van der Waals surface area contributed by atoms with E-state index in [-0.39, 0.29) is 5.92 Å². The summed E-state index contributed by atoms with van der Waals surface area (Å²) in [6.45, 7) is 1.71.